The molecule has 0 radical (unpaired) electrons. The van der Waals surface area contributed by atoms with Gasteiger partial charge in [0.1, 0.15) is 22.9 Å². The third-order valence-corrected chi connectivity index (χ3v) is 4.90. The normalized spacial score (nSPS) is 14.3. The molecule has 4 rings (SSSR count). The van der Waals surface area contributed by atoms with E-state index in [0.29, 0.717) is 16.8 Å². The summed E-state index contributed by atoms with van der Waals surface area (Å²) in [6.45, 7) is 6.65. The molecule has 1 aromatic carbocycles. The number of benzene rings is 1. The monoisotopic (exact) mass is 398 g/mol. The van der Waals surface area contributed by atoms with Crippen LogP contribution in [0.15, 0.2) is 36.8 Å². The van der Waals surface area contributed by atoms with E-state index >= 15 is 0 Å². The molecule has 1 fully saturated rings. The maximum Gasteiger partial charge on any atom is 0.413 e. The van der Waals surface area contributed by atoms with Crippen molar-refractivity contribution in [3.63, 3.8) is 0 Å². The van der Waals surface area contributed by atoms with Gasteiger partial charge in [0.05, 0.1) is 5.39 Å². The van der Waals surface area contributed by atoms with Gasteiger partial charge in [-0.1, -0.05) is 23.7 Å². The lowest BCUT2D eigenvalue weighted by Crippen LogP contribution is -2.42. The molecule has 1 N–H and O–H groups in total. The number of halogens is 1. The van der Waals surface area contributed by atoms with E-state index in [4.69, 9.17) is 16.3 Å². The summed E-state index contributed by atoms with van der Waals surface area (Å²) in [5.74, 6) is 1.20. The molecular weight excluding hydrogens is 376 g/mol. The van der Waals surface area contributed by atoms with Gasteiger partial charge < -0.3 is 14.6 Å². The molecule has 1 aliphatic carbocycles. The third-order valence-electron chi connectivity index (χ3n) is 4.61. The van der Waals surface area contributed by atoms with Crippen molar-refractivity contribution < 1.29 is 9.53 Å². The first kappa shape index (κ1) is 18.7. The molecule has 0 atom stereocenters. The molecule has 2 heterocycles. The SMILES string of the molecule is CC(C)(C)NC(=O)Oc1ccc(-c2cn(CC3CC3)c3ncnc(Cl)c23)cc1. The zero-order valence-electron chi connectivity index (χ0n) is 16.2. The summed E-state index contributed by atoms with van der Waals surface area (Å²) in [5.41, 5.74) is 2.45. The van der Waals surface area contributed by atoms with Gasteiger partial charge in [0, 0.05) is 23.8 Å². The number of amides is 1. The second-order valence-electron chi connectivity index (χ2n) is 8.29. The predicted molar refractivity (Wildman–Crippen MR) is 110 cm³/mol. The van der Waals surface area contributed by atoms with Crippen LogP contribution in [0.5, 0.6) is 5.75 Å². The van der Waals surface area contributed by atoms with Crippen LogP contribution in [-0.4, -0.2) is 26.2 Å². The largest absolute Gasteiger partial charge is 0.413 e. The molecule has 146 valence electrons. The van der Waals surface area contributed by atoms with E-state index in [9.17, 15) is 4.79 Å². The van der Waals surface area contributed by atoms with Crippen LogP contribution in [0.4, 0.5) is 4.79 Å². The first-order valence-electron chi connectivity index (χ1n) is 9.40. The van der Waals surface area contributed by atoms with Gasteiger partial charge in [-0.05, 0) is 57.2 Å². The summed E-state index contributed by atoms with van der Waals surface area (Å²) >= 11 is 6.40. The van der Waals surface area contributed by atoms with Crippen molar-refractivity contribution in [2.24, 2.45) is 5.92 Å². The fourth-order valence-electron chi connectivity index (χ4n) is 3.16. The number of rotatable bonds is 4. The molecule has 0 unspecified atom stereocenters. The standard InChI is InChI=1S/C21H23ClN4O2/c1-21(2,3)25-20(27)28-15-8-6-14(7-9-15)16-11-26(10-13-4-5-13)19-17(16)18(22)23-12-24-19/h6-9,11-13H,4-5,10H2,1-3H3,(H,25,27). The molecule has 0 saturated heterocycles. The Balaban J connectivity index is 1.62. The highest BCUT2D eigenvalue weighted by Crippen LogP contribution is 2.37. The number of aromatic nitrogens is 3. The number of fused-ring (bicyclic) bond motifs is 1. The summed E-state index contributed by atoms with van der Waals surface area (Å²) in [6.07, 6.45) is 5.64. The van der Waals surface area contributed by atoms with Gasteiger partial charge in [0.15, 0.2) is 0 Å². The van der Waals surface area contributed by atoms with Crippen LogP contribution in [0.25, 0.3) is 22.2 Å². The van der Waals surface area contributed by atoms with Gasteiger partial charge in [-0.3, -0.25) is 0 Å². The molecule has 0 spiro atoms. The molecule has 28 heavy (non-hydrogen) atoms. The first-order chi connectivity index (χ1) is 13.3. The molecule has 1 saturated carbocycles. The summed E-state index contributed by atoms with van der Waals surface area (Å²) in [5, 5.41) is 4.07. The maximum atomic E-state index is 11.9. The Bertz CT molecular complexity index is 1020. The zero-order valence-corrected chi connectivity index (χ0v) is 17.0. The van der Waals surface area contributed by atoms with Crippen LogP contribution in [0.3, 0.4) is 0 Å². The van der Waals surface area contributed by atoms with Crippen molar-refractivity contribution in [3.05, 3.63) is 41.9 Å². The molecule has 0 aliphatic heterocycles. The predicted octanol–water partition coefficient (Wildman–Crippen LogP) is 5.05. The van der Waals surface area contributed by atoms with Crippen LogP contribution in [0.1, 0.15) is 33.6 Å². The minimum absolute atomic E-state index is 0.350. The lowest BCUT2D eigenvalue weighted by molar-refractivity contribution is 0.190. The molecule has 2 aromatic heterocycles. The average molecular weight is 399 g/mol. The molecule has 7 heteroatoms. The quantitative estimate of drug-likeness (QED) is 0.624. The van der Waals surface area contributed by atoms with E-state index in [1.165, 1.54) is 19.2 Å². The zero-order chi connectivity index (χ0) is 19.9. The number of hydrogen-bond donors (Lipinski definition) is 1. The number of nitrogens with zero attached hydrogens (tertiary/aromatic N) is 3. The smallest absolute Gasteiger partial charge is 0.410 e. The van der Waals surface area contributed by atoms with Crippen molar-refractivity contribution >= 4 is 28.7 Å². The lowest BCUT2D eigenvalue weighted by atomic mass is 10.1. The number of nitrogens with one attached hydrogen (secondary N) is 1. The minimum atomic E-state index is -0.474. The molecule has 6 nitrogen and oxygen atoms in total. The van der Waals surface area contributed by atoms with Crippen LogP contribution < -0.4 is 10.1 Å². The summed E-state index contributed by atoms with van der Waals surface area (Å²) in [7, 11) is 0. The first-order valence-corrected chi connectivity index (χ1v) is 9.78. The van der Waals surface area contributed by atoms with Gasteiger partial charge in [-0.25, -0.2) is 14.8 Å². The van der Waals surface area contributed by atoms with Crippen molar-refractivity contribution in [2.75, 3.05) is 0 Å². The highest BCUT2D eigenvalue weighted by atomic mass is 35.5. The summed E-state index contributed by atoms with van der Waals surface area (Å²) in [4.78, 5) is 20.5. The Labute approximate surface area is 168 Å². The Morgan fingerprint density at radius 1 is 1.25 bits per heavy atom. The molecule has 3 aromatic rings. The number of carbonyl (C=O) groups excluding carboxylic acids is 1. The Morgan fingerprint density at radius 3 is 2.61 bits per heavy atom. The van der Waals surface area contributed by atoms with Crippen LogP contribution in [0.2, 0.25) is 5.15 Å². The molecule has 1 aliphatic rings. The van der Waals surface area contributed by atoms with Crippen molar-refractivity contribution in [1.29, 1.82) is 0 Å². The van der Waals surface area contributed by atoms with E-state index in [0.717, 1.165) is 28.7 Å². The molecular formula is C21H23ClN4O2. The average Bonchev–Trinajstić information content (AvgIpc) is 3.34. The summed E-state index contributed by atoms with van der Waals surface area (Å²) < 4.78 is 7.52. The van der Waals surface area contributed by atoms with Gasteiger partial charge in [0.2, 0.25) is 0 Å². The van der Waals surface area contributed by atoms with E-state index in [-0.39, 0.29) is 5.54 Å². The van der Waals surface area contributed by atoms with E-state index < -0.39 is 6.09 Å². The second kappa shape index (κ2) is 7.09. The van der Waals surface area contributed by atoms with Crippen LogP contribution >= 0.6 is 11.6 Å². The molecule has 0 bridgehead atoms. The topological polar surface area (TPSA) is 69.0 Å². The fourth-order valence-corrected chi connectivity index (χ4v) is 3.39. The van der Waals surface area contributed by atoms with Gasteiger partial charge in [0.25, 0.3) is 0 Å². The van der Waals surface area contributed by atoms with E-state index in [1.54, 1.807) is 12.1 Å². The lowest BCUT2D eigenvalue weighted by Gasteiger charge is -2.19. The highest BCUT2D eigenvalue weighted by molar-refractivity contribution is 6.35. The third kappa shape index (κ3) is 4.12. The van der Waals surface area contributed by atoms with Gasteiger partial charge >= 0.3 is 6.09 Å². The molecule has 1 amide bonds. The van der Waals surface area contributed by atoms with E-state index in [2.05, 4.69) is 26.0 Å². The number of hydrogen-bond acceptors (Lipinski definition) is 4. The van der Waals surface area contributed by atoms with Crippen LogP contribution in [-0.2, 0) is 6.54 Å². The van der Waals surface area contributed by atoms with Crippen molar-refractivity contribution in [3.8, 4) is 16.9 Å². The second-order valence-corrected chi connectivity index (χ2v) is 8.65. The number of carbonyl (C=O) groups is 1. The Hall–Kier alpha value is -2.60. The number of ether oxygens (including phenoxy) is 1. The Kier molecular flexibility index (Phi) is 4.75. The fraction of sp³-hybridized carbons (Fsp3) is 0.381. The van der Waals surface area contributed by atoms with Gasteiger partial charge in [-0.2, -0.15) is 0 Å². The minimum Gasteiger partial charge on any atom is -0.410 e. The maximum absolute atomic E-state index is 11.9. The summed E-state index contributed by atoms with van der Waals surface area (Å²) in [6, 6.07) is 7.39. The van der Waals surface area contributed by atoms with E-state index in [1.807, 2.05) is 32.9 Å². The Morgan fingerprint density at radius 2 is 1.96 bits per heavy atom. The highest BCUT2D eigenvalue weighted by Gasteiger charge is 2.24. The van der Waals surface area contributed by atoms with Crippen molar-refractivity contribution in [1.82, 2.24) is 19.9 Å². The van der Waals surface area contributed by atoms with Crippen LogP contribution in [0, 0.1) is 5.92 Å². The van der Waals surface area contributed by atoms with Gasteiger partial charge in [-0.15, -0.1) is 0 Å². The van der Waals surface area contributed by atoms with Crippen molar-refractivity contribution in [2.45, 2.75) is 45.7 Å².